The highest BCUT2D eigenvalue weighted by molar-refractivity contribution is 6.31. The number of benzene rings is 2. The van der Waals surface area contributed by atoms with E-state index in [1.807, 2.05) is 42.5 Å². The molecule has 0 saturated carbocycles. The van der Waals surface area contributed by atoms with Crippen LogP contribution >= 0.6 is 11.6 Å². The lowest BCUT2D eigenvalue weighted by Gasteiger charge is -2.35. The minimum atomic E-state index is -0.306. The number of nitrogens with one attached hydrogen (secondary N) is 1. The molecule has 1 aliphatic rings. The van der Waals surface area contributed by atoms with Crippen molar-refractivity contribution in [3.05, 3.63) is 75.7 Å². The zero-order valence-corrected chi connectivity index (χ0v) is 17.2. The van der Waals surface area contributed by atoms with Gasteiger partial charge in [-0.3, -0.25) is 19.1 Å². The van der Waals surface area contributed by atoms with Gasteiger partial charge in [0.25, 0.3) is 5.56 Å². The molecule has 1 amide bonds. The fourth-order valence-electron chi connectivity index (χ4n) is 3.76. The first-order valence-electron chi connectivity index (χ1n) is 9.91. The third kappa shape index (κ3) is 4.53. The monoisotopic (exact) mass is 426 g/mol. The first-order valence-corrected chi connectivity index (χ1v) is 10.3. The smallest absolute Gasteiger partial charge is 0.269 e. The van der Waals surface area contributed by atoms with Crippen molar-refractivity contribution in [3.63, 3.8) is 0 Å². The second-order valence-electron chi connectivity index (χ2n) is 7.16. The van der Waals surface area contributed by atoms with Crippen molar-refractivity contribution in [2.75, 3.05) is 32.8 Å². The van der Waals surface area contributed by atoms with Crippen LogP contribution in [-0.2, 0) is 16.1 Å². The quantitative estimate of drug-likeness (QED) is 0.654. The number of carbonyl (C=O) groups is 1. The first kappa shape index (κ1) is 20.5. The highest BCUT2D eigenvalue weighted by Gasteiger charge is 2.25. The summed E-state index contributed by atoms with van der Waals surface area (Å²) in [6, 6.07) is 14.9. The van der Waals surface area contributed by atoms with Gasteiger partial charge in [0.15, 0.2) is 0 Å². The van der Waals surface area contributed by atoms with Gasteiger partial charge in [0.2, 0.25) is 5.91 Å². The van der Waals surface area contributed by atoms with Crippen LogP contribution in [0, 0.1) is 0 Å². The summed E-state index contributed by atoms with van der Waals surface area (Å²) in [4.78, 5) is 31.4. The van der Waals surface area contributed by atoms with Crippen LogP contribution in [0.2, 0.25) is 5.02 Å². The van der Waals surface area contributed by atoms with Gasteiger partial charge in [0.05, 0.1) is 36.5 Å². The van der Waals surface area contributed by atoms with E-state index in [2.05, 4.69) is 15.2 Å². The summed E-state index contributed by atoms with van der Waals surface area (Å²) in [5.41, 5.74) is 1.97. The van der Waals surface area contributed by atoms with Crippen molar-refractivity contribution in [2.45, 2.75) is 12.6 Å². The Labute approximate surface area is 179 Å². The van der Waals surface area contributed by atoms with Crippen molar-refractivity contribution in [3.8, 4) is 0 Å². The van der Waals surface area contributed by atoms with E-state index >= 15 is 0 Å². The van der Waals surface area contributed by atoms with Gasteiger partial charge in [-0.2, -0.15) is 0 Å². The molecule has 1 aromatic heterocycles. The van der Waals surface area contributed by atoms with Gasteiger partial charge in [0, 0.05) is 24.7 Å². The van der Waals surface area contributed by atoms with Crippen LogP contribution in [0.25, 0.3) is 11.0 Å². The molecule has 8 heteroatoms. The third-order valence-corrected chi connectivity index (χ3v) is 5.64. The summed E-state index contributed by atoms with van der Waals surface area (Å²) in [6.45, 7) is 3.14. The van der Waals surface area contributed by atoms with Gasteiger partial charge in [-0.25, -0.2) is 4.98 Å². The standard InChI is InChI=1S/C22H23ClN4O3/c23-17-6-2-1-5-16(17)20(26-9-11-30-12-10-26)13-25-21(28)15-27-19-8-4-3-7-18(19)24-14-22(27)29/h1-8,14,20H,9-13,15H2,(H,25,28). The molecule has 2 heterocycles. The molecule has 30 heavy (non-hydrogen) atoms. The van der Waals surface area contributed by atoms with Crippen LogP contribution in [-0.4, -0.2) is 53.2 Å². The summed E-state index contributed by atoms with van der Waals surface area (Å²) < 4.78 is 6.91. The Bertz CT molecular complexity index is 1090. The van der Waals surface area contributed by atoms with Gasteiger partial charge in [-0.15, -0.1) is 0 Å². The van der Waals surface area contributed by atoms with Crippen molar-refractivity contribution < 1.29 is 9.53 Å². The SMILES string of the molecule is O=C(Cn1c(=O)cnc2ccccc21)NCC(c1ccccc1Cl)N1CCOCC1. The molecule has 3 aromatic rings. The second kappa shape index (κ2) is 9.38. The van der Waals surface area contributed by atoms with Crippen LogP contribution in [0.1, 0.15) is 11.6 Å². The van der Waals surface area contributed by atoms with E-state index < -0.39 is 0 Å². The number of carbonyl (C=O) groups excluding carboxylic acids is 1. The van der Waals surface area contributed by atoms with E-state index in [1.165, 1.54) is 10.8 Å². The Morgan fingerprint density at radius 2 is 1.87 bits per heavy atom. The number of nitrogens with zero attached hydrogens (tertiary/aromatic N) is 3. The number of hydrogen-bond donors (Lipinski definition) is 1. The third-order valence-electron chi connectivity index (χ3n) is 5.30. The highest BCUT2D eigenvalue weighted by atomic mass is 35.5. The van der Waals surface area contributed by atoms with Crippen LogP contribution < -0.4 is 10.9 Å². The van der Waals surface area contributed by atoms with E-state index in [9.17, 15) is 9.59 Å². The fraction of sp³-hybridized carbons (Fsp3) is 0.318. The van der Waals surface area contributed by atoms with Crippen LogP contribution in [0.5, 0.6) is 0 Å². The number of rotatable bonds is 6. The number of hydrogen-bond acceptors (Lipinski definition) is 5. The van der Waals surface area contributed by atoms with E-state index in [-0.39, 0.29) is 24.1 Å². The topological polar surface area (TPSA) is 76.5 Å². The van der Waals surface area contributed by atoms with Gasteiger partial charge >= 0.3 is 0 Å². The Hall–Kier alpha value is -2.74. The molecule has 1 fully saturated rings. The maximum Gasteiger partial charge on any atom is 0.269 e. The van der Waals surface area contributed by atoms with E-state index in [1.54, 1.807) is 6.07 Å². The van der Waals surface area contributed by atoms with Crippen LogP contribution in [0.3, 0.4) is 0 Å². The summed E-state index contributed by atoms with van der Waals surface area (Å²) in [7, 11) is 0. The Kier molecular flexibility index (Phi) is 6.42. The lowest BCUT2D eigenvalue weighted by atomic mass is 10.0. The maximum atomic E-state index is 12.7. The Morgan fingerprint density at radius 1 is 1.13 bits per heavy atom. The zero-order chi connectivity index (χ0) is 20.9. The molecule has 1 N–H and O–H groups in total. The summed E-state index contributed by atoms with van der Waals surface area (Å²) in [5.74, 6) is -0.237. The second-order valence-corrected chi connectivity index (χ2v) is 7.57. The molecule has 156 valence electrons. The molecule has 1 saturated heterocycles. The largest absolute Gasteiger partial charge is 0.379 e. The molecule has 0 bridgehead atoms. The van der Waals surface area contributed by atoms with Crippen molar-refractivity contribution in [2.24, 2.45) is 0 Å². The van der Waals surface area contributed by atoms with E-state index in [0.717, 1.165) is 18.7 Å². The minimum absolute atomic E-state index is 0.0692. The molecule has 0 radical (unpaired) electrons. The molecule has 0 aliphatic carbocycles. The number of aromatic nitrogens is 2. The molecule has 7 nitrogen and oxygen atoms in total. The van der Waals surface area contributed by atoms with E-state index in [0.29, 0.717) is 35.8 Å². The summed E-state index contributed by atoms with van der Waals surface area (Å²) >= 11 is 6.45. The number of halogens is 1. The normalized spacial score (nSPS) is 15.8. The van der Waals surface area contributed by atoms with Crippen molar-refractivity contribution >= 4 is 28.5 Å². The lowest BCUT2D eigenvalue weighted by Crippen LogP contribution is -2.44. The number of para-hydroxylation sites is 2. The molecule has 4 rings (SSSR count). The number of ether oxygens (including phenoxy) is 1. The molecule has 2 aromatic carbocycles. The van der Waals surface area contributed by atoms with E-state index in [4.69, 9.17) is 16.3 Å². The van der Waals surface area contributed by atoms with Gasteiger partial charge in [0.1, 0.15) is 6.54 Å². The number of morpholine rings is 1. The number of amides is 1. The molecular weight excluding hydrogens is 404 g/mol. The Balaban J connectivity index is 1.51. The van der Waals surface area contributed by atoms with Gasteiger partial charge < -0.3 is 10.1 Å². The number of fused-ring (bicyclic) bond motifs is 1. The average Bonchev–Trinajstić information content (AvgIpc) is 2.78. The molecule has 1 unspecified atom stereocenters. The minimum Gasteiger partial charge on any atom is -0.379 e. The molecular formula is C22H23ClN4O3. The van der Waals surface area contributed by atoms with Crippen LogP contribution in [0.4, 0.5) is 0 Å². The summed E-state index contributed by atoms with van der Waals surface area (Å²) in [6.07, 6.45) is 1.25. The zero-order valence-electron chi connectivity index (χ0n) is 16.5. The predicted octanol–water partition coefficient (Wildman–Crippen LogP) is 2.24. The molecule has 1 aliphatic heterocycles. The van der Waals surface area contributed by atoms with Crippen LogP contribution in [0.15, 0.2) is 59.5 Å². The first-order chi connectivity index (χ1) is 14.6. The Morgan fingerprint density at radius 3 is 2.67 bits per heavy atom. The predicted molar refractivity (Wildman–Crippen MR) is 116 cm³/mol. The van der Waals surface area contributed by atoms with Gasteiger partial charge in [-0.1, -0.05) is 41.9 Å². The average molecular weight is 427 g/mol. The van der Waals surface area contributed by atoms with Crippen molar-refractivity contribution in [1.82, 2.24) is 19.8 Å². The van der Waals surface area contributed by atoms with Crippen molar-refractivity contribution in [1.29, 1.82) is 0 Å². The molecule has 1 atom stereocenters. The highest BCUT2D eigenvalue weighted by Crippen LogP contribution is 2.27. The fourth-order valence-corrected chi connectivity index (χ4v) is 4.02. The molecule has 0 spiro atoms. The maximum absolute atomic E-state index is 12.7. The lowest BCUT2D eigenvalue weighted by molar-refractivity contribution is -0.122. The van der Waals surface area contributed by atoms with Gasteiger partial charge in [-0.05, 0) is 23.8 Å². The summed E-state index contributed by atoms with van der Waals surface area (Å²) in [5, 5.41) is 3.65.